The summed E-state index contributed by atoms with van der Waals surface area (Å²) in [5, 5.41) is 12.8. The van der Waals surface area contributed by atoms with Gasteiger partial charge in [0, 0.05) is 19.6 Å². The number of urea groups is 1. The third kappa shape index (κ3) is 3.38. The van der Waals surface area contributed by atoms with Crippen molar-refractivity contribution in [2.45, 2.75) is 45.1 Å². The highest BCUT2D eigenvalue weighted by molar-refractivity contribution is 5.74. The van der Waals surface area contributed by atoms with Crippen molar-refractivity contribution in [3.63, 3.8) is 0 Å². The van der Waals surface area contributed by atoms with Crippen molar-refractivity contribution in [1.29, 1.82) is 0 Å². The predicted molar refractivity (Wildman–Crippen MR) is 59.7 cm³/mol. The Morgan fingerprint density at radius 2 is 1.87 bits per heavy atom. The lowest BCUT2D eigenvalue weighted by molar-refractivity contribution is 0.0486. The van der Waals surface area contributed by atoms with Crippen LogP contribution in [0.4, 0.5) is 4.79 Å². The van der Waals surface area contributed by atoms with Crippen molar-refractivity contribution in [3.8, 4) is 0 Å². The number of carbonyl (C=O) groups is 1. The average molecular weight is 214 g/mol. The molecule has 0 aliphatic heterocycles. The molecule has 0 saturated heterocycles. The smallest absolute Gasteiger partial charge is 0.317 e. The second-order valence-electron chi connectivity index (χ2n) is 4.26. The summed E-state index contributed by atoms with van der Waals surface area (Å²) in [6.45, 7) is 5.71. The van der Waals surface area contributed by atoms with E-state index in [0.29, 0.717) is 19.6 Å². The third-order valence-electron chi connectivity index (χ3n) is 3.15. The summed E-state index contributed by atoms with van der Waals surface area (Å²) in [6, 6.07) is -0.0691. The van der Waals surface area contributed by atoms with Crippen LogP contribution in [-0.4, -0.2) is 41.3 Å². The van der Waals surface area contributed by atoms with E-state index < -0.39 is 5.60 Å². The Morgan fingerprint density at radius 1 is 1.33 bits per heavy atom. The monoisotopic (exact) mass is 214 g/mol. The molecule has 88 valence electrons. The van der Waals surface area contributed by atoms with Gasteiger partial charge in [-0.3, -0.25) is 0 Å². The van der Waals surface area contributed by atoms with E-state index >= 15 is 0 Å². The van der Waals surface area contributed by atoms with E-state index in [0.717, 1.165) is 25.7 Å². The maximum absolute atomic E-state index is 11.6. The number of aliphatic hydroxyl groups is 1. The molecule has 0 unspecified atom stereocenters. The first-order chi connectivity index (χ1) is 7.11. The van der Waals surface area contributed by atoms with Crippen LogP contribution < -0.4 is 5.32 Å². The highest BCUT2D eigenvalue weighted by Gasteiger charge is 2.31. The molecule has 4 heteroatoms. The number of rotatable bonds is 4. The van der Waals surface area contributed by atoms with E-state index in [-0.39, 0.29) is 6.03 Å². The van der Waals surface area contributed by atoms with E-state index in [4.69, 9.17) is 0 Å². The van der Waals surface area contributed by atoms with Gasteiger partial charge in [0.25, 0.3) is 0 Å². The number of hydrogen-bond acceptors (Lipinski definition) is 2. The standard InChI is InChI=1S/C11H22N2O2/c1-3-13(4-2)10(14)12-9-11(15)7-5-6-8-11/h15H,3-9H2,1-2H3,(H,12,14). The maximum Gasteiger partial charge on any atom is 0.317 e. The molecule has 1 rings (SSSR count). The molecule has 1 aliphatic rings. The number of amides is 2. The van der Waals surface area contributed by atoms with E-state index in [9.17, 15) is 9.90 Å². The third-order valence-corrected chi connectivity index (χ3v) is 3.15. The van der Waals surface area contributed by atoms with E-state index in [1.807, 2.05) is 13.8 Å². The SMILES string of the molecule is CCN(CC)C(=O)NCC1(O)CCCC1. The molecule has 1 saturated carbocycles. The van der Waals surface area contributed by atoms with Gasteiger partial charge < -0.3 is 15.3 Å². The lowest BCUT2D eigenvalue weighted by Crippen LogP contribution is -2.46. The molecular weight excluding hydrogens is 192 g/mol. The molecule has 1 fully saturated rings. The van der Waals surface area contributed by atoms with E-state index in [1.54, 1.807) is 4.90 Å². The number of nitrogens with zero attached hydrogens (tertiary/aromatic N) is 1. The lowest BCUT2D eigenvalue weighted by atomic mass is 10.0. The maximum atomic E-state index is 11.6. The van der Waals surface area contributed by atoms with Crippen LogP contribution in [0.5, 0.6) is 0 Å². The molecule has 0 aromatic carbocycles. The van der Waals surface area contributed by atoms with Crippen molar-refractivity contribution < 1.29 is 9.90 Å². The van der Waals surface area contributed by atoms with Crippen molar-refractivity contribution in [2.24, 2.45) is 0 Å². The Labute approximate surface area is 91.6 Å². The Morgan fingerprint density at radius 3 is 2.33 bits per heavy atom. The minimum absolute atomic E-state index is 0.0691. The second kappa shape index (κ2) is 5.35. The first kappa shape index (κ1) is 12.3. The second-order valence-corrected chi connectivity index (χ2v) is 4.26. The molecule has 2 N–H and O–H groups in total. The van der Waals surface area contributed by atoms with Gasteiger partial charge in [-0.2, -0.15) is 0 Å². The average Bonchev–Trinajstić information content (AvgIpc) is 2.65. The summed E-state index contributed by atoms with van der Waals surface area (Å²) >= 11 is 0. The first-order valence-corrected chi connectivity index (χ1v) is 5.86. The molecule has 4 nitrogen and oxygen atoms in total. The van der Waals surface area contributed by atoms with Crippen LogP contribution >= 0.6 is 0 Å². The molecule has 0 aromatic rings. The summed E-state index contributed by atoms with van der Waals surface area (Å²) in [7, 11) is 0. The van der Waals surface area contributed by atoms with Gasteiger partial charge in [0.2, 0.25) is 0 Å². The van der Waals surface area contributed by atoms with Crippen LogP contribution in [0.15, 0.2) is 0 Å². The van der Waals surface area contributed by atoms with Gasteiger partial charge in [-0.05, 0) is 26.7 Å². The quantitative estimate of drug-likeness (QED) is 0.742. The fraction of sp³-hybridized carbons (Fsp3) is 0.909. The Balaban J connectivity index is 2.32. The summed E-state index contributed by atoms with van der Waals surface area (Å²) in [5.41, 5.74) is -0.650. The topological polar surface area (TPSA) is 52.6 Å². The molecule has 15 heavy (non-hydrogen) atoms. The van der Waals surface area contributed by atoms with Gasteiger partial charge in [-0.1, -0.05) is 12.8 Å². The summed E-state index contributed by atoms with van der Waals surface area (Å²) in [4.78, 5) is 13.3. The highest BCUT2D eigenvalue weighted by atomic mass is 16.3. The molecule has 2 amide bonds. The highest BCUT2D eigenvalue weighted by Crippen LogP contribution is 2.28. The zero-order valence-corrected chi connectivity index (χ0v) is 9.75. The number of hydrogen-bond donors (Lipinski definition) is 2. The normalized spacial score (nSPS) is 18.9. The first-order valence-electron chi connectivity index (χ1n) is 5.86. The molecule has 0 aromatic heterocycles. The van der Waals surface area contributed by atoms with Crippen molar-refractivity contribution in [2.75, 3.05) is 19.6 Å². The van der Waals surface area contributed by atoms with Gasteiger partial charge in [0.1, 0.15) is 0 Å². The molecule has 0 heterocycles. The Kier molecular flexibility index (Phi) is 4.39. The largest absolute Gasteiger partial charge is 0.388 e. The fourth-order valence-electron chi connectivity index (χ4n) is 2.07. The zero-order valence-electron chi connectivity index (χ0n) is 9.75. The molecule has 0 atom stereocenters. The van der Waals surface area contributed by atoms with Crippen molar-refractivity contribution in [1.82, 2.24) is 10.2 Å². The Hall–Kier alpha value is -0.770. The lowest BCUT2D eigenvalue weighted by Gasteiger charge is -2.25. The molecule has 0 radical (unpaired) electrons. The summed E-state index contributed by atoms with van der Waals surface area (Å²) in [5.74, 6) is 0. The molecule has 0 bridgehead atoms. The van der Waals surface area contributed by atoms with Crippen LogP contribution in [0.1, 0.15) is 39.5 Å². The Bertz CT molecular complexity index is 209. The van der Waals surface area contributed by atoms with E-state index in [2.05, 4.69) is 5.32 Å². The van der Waals surface area contributed by atoms with Crippen LogP contribution in [-0.2, 0) is 0 Å². The van der Waals surface area contributed by atoms with Gasteiger partial charge in [-0.25, -0.2) is 4.79 Å². The minimum atomic E-state index is -0.650. The summed E-state index contributed by atoms with van der Waals surface area (Å²) < 4.78 is 0. The minimum Gasteiger partial charge on any atom is -0.388 e. The van der Waals surface area contributed by atoms with Crippen LogP contribution in [0.25, 0.3) is 0 Å². The molecular formula is C11H22N2O2. The van der Waals surface area contributed by atoms with Crippen LogP contribution in [0, 0.1) is 0 Å². The van der Waals surface area contributed by atoms with Crippen molar-refractivity contribution >= 4 is 6.03 Å². The summed E-state index contributed by atoms with van der Waals surface area (Å²) in [6.07, 6.45) is 3.76. The van der Waals surface area contributed by atoms with Gasteiger partial charge >= 0.3 is 6.03 Å². The van der Waals surface area contributed by atoms with Gasteiger partial charge in [-0.15, -0.1) is 0 Å². The molecule has 0 spiro atoms. The van der Waals surface area contributed by atoms with E-state index in [1.165, 1.54) is 0 Å². The molecule has 1 aliphatic carbocycles. The number of nitrogens with one attached hydrogen (secondary N) is 1. The predicted octanol–water partition coefficient (Wildman–Crippen LogP) is 1.34. The van der Waals surface area contributed by atoms with Crippen LogP contribution in [0.3, 0.4) is 0 Å². The fourth-order valence-corrected chi connectivity index (χ4v) is 2.07. The van der Waals surface area contributed by atoms with Crippen molar-refractivity contribution in [3.05, 3.63) is 0 Å². The zero-order chi connectivity index (χ0) is 11.3. The van der Waals surface area contributed by atoms with Crippen LogP contribution in [0.2, 0.25) is 0 Å². The van der Waals surface area contributed by atoms with Gasteiger partial charge in [0.05, 0.1) is 5.60 Å². The number of carbonyl (C=O) groups excluding carboxylic acids is 1. The van der Waals surface area contributed by atoms with Gasteiger partial charge in [0.15, 0.2) is 0 Å².